The van der Waals surface area contributed by atoms with Crippen molar-refractivity contribution in [2.45, 2.75) is 6.54 Å². The first-order valence-electron chi connectivity index (χ1n) is 8.31. The molecule has 1 N–H and O–H groups in total. The van der Waals surface area contributed by atoms with Crippen molar-refractivity contribution in [1.82, 2.24) is 15.1 Å². The van der Waals surface area contributed by atoms with Gasteiger partial charge in [0.15, 0.2) is 0 Å². The van der Waals surface area contributed by atoms with Gasteiger partial charge in [-0.25, -0.2) is 9.07 Å². The van der Waals surface area contributed by atoms with Crippen molar-refractivity contribution in [2.24, 2.45) is 0 Å². The van der Waals surface area contributed by atoms with Crippen LogP contribution in [0, 0.1) is 15.9 Å². The van der Waals surface area contributed by atoms with Crippen LogP contribution in [0.1, 0.15) is 10.4 Å². The number of rotatable bonds is 6. The summed E-state index contributed by atoms with van der Waals surface area (Å²) in [7, 11) is 0. The average Bonchev–Trinajstić information content (AvgIpc) is 2.70. The first kappa shape index (κ1) is 18.9. The van der Waals surface area contributed by atoms with Crippen LogP contribution in [0.4, 0.5) is 10.1 Å². The molecule has 0 aliphatic carbocycles. The maximum Gasteiger partial charge on any atom is 0.270 e. The van der Waals surface area contributed by atoms with Crippen LogP contribution < -0.4 is 10.9 Å². The number of hydrogen-bond acceptors (Lipinski definition) is 5. The lowest BCUT2D eigenvalue weighted by molar-refractivity contribution is -0.384. The van der Waals surface area contributed by atoms with E-state index in [1.54, 1.807) is 12.1 Å². The van der Waals surface area contributed by atoms with Crippen molar-refractivity contribution in [3.8, 4) is 11.3 Å². The molecule has 3 rings (SSSR count). The zero-order chi connectivity index (χ0) is 20.1. The summed E-state index contributed by atoms with van der Waals surface area (Å²) in [6, 6.07) is 13.9. The van der Waals surface area contributed by atoms with Gasteiger partial charge in [-0.2, -0.15) is 5.10 Å². The number of nitro groups is 1. The van der Waals surface area contributed by atoms with Crippen molar-refractivity contribution in [2.75, 3.05) is 6.54 Å². The van der Waals surface area contributed by atoms with E-state index in [0.29, 0.717) is 11.3 Å². The van der Waals surface area contributed by atoms with E-state index in [2.05, 4.69) is 10.4 Å². The Morgan fingerprint density at radius 3 is 2.61 bits per heavy atom. The zero-order valence-corrected chi connectivity index (χ0v) is 14.5. The van der Waals surface area contributed by atoms with E-state index in [4.69, 9.17) is 0 Å². The van der Waals surface area contributed by atoms with Gasteiger partial charge in [0.05, 0.1) is 17.2 Å². The Hall–Kier alpha value is -3.88. The zero-order valence-electron chi connectivity index (χ0n) is 14.5. The Kier molecular flexibility index (Phi) is 5.54. The number of non-ortho nitro benzene ring substituents is 1. The summed E-state index contributed by atoms with van der Waals surface area (Å²) >= 11 is 0. The lowest BCUT2D eigenvalue weighted by Gasteiger charge is -2.09. The summed E-state index contributed by atoms with van der Waals surface area (Å²) < 4.78 is 14.2. The lowest BCUT2D eigenvalue weighted by Crippen LogP contribution is -2.32. The van der Waals surface area contributed by atoms with E-state index in [1.165, 1.54) is 53.2 Å². The Bertz CT molecular complexity index is 1080. The molecule has 0 atom stereocenters. The number of benzene rings is 2. The monoisotopic (exact) mass is 382 g/mol. The second-order valence-corrected chi connectivity index (χ2v) is 5.85. The maximum absolute atomic E-state index is 13.0. The quantitative estimate of drug-likeness (QED) is 0.520. The Balaban J connectivity index is 1.67. The van der Waals surface area contributed by atoms with Crippen LogP contribution >= 0.6 is 0 Å². The summed E-state index contributed by atoms with van der Waals surface area (Å²) in [6.07, 6.45) is 0. The van der Waals surface area contributed by atoms with E-state index < -0.39 is 10.8 Å². The molecular weight excluding hydrogens is 367 g/mol. The smallest absolute Gasteiger partial charge is 0.270 e. The fraction of sp³-hybridized carbons (Fsp3) is 0.105. The van der Waals surface area contributed by atoms with Gasteiger partial charge in [-0.3, -0.25) is 19.7 Å². The molecule has 9 heteroatoms. The molecule has 0 saturated heterocycles. The number of nitro benzene ring substituents is 1. The molecule has 3 aromatic rings. The molecule has 0 radical (unpaired) electrons. The van der Waals surface area contributed by atoms with Gasteiger partial charge in [0.2, 0.25) is 0 Å². The molecule has 1 amide bonds. The fourth-order valence-electron chi connectivity index (χ4n) is 2.52. The molecule has 2 aromatic carbocycles. The van der Waals surface area contributed by atoms with Gasteiger partial charge >= 0.3 is 0 Å². The largest absolute Gasteiger partial charge is 0.350 e. The van der Waals surface area contributed by atoms with Crippen LogP contribution in [0.25, 0.3) is 11.3 Å². The standard InChI is InChI=1S/C19H15FN4O4/c20-15-6-4-13(5-7-15)17-8-9-18(25)23(22-17)11-10-21-19(26)14-2-1-3-16(12-14)24(27)28/h1-9,12H,10-11H2,(H,21,26). The molecule has 1 aromatic heterocycles. The number of nitrogens with zero attached hydrogens (tertiary/aromatic N) is 3. The highest BCUT2D eigenvalue weighted by molar-refractivity contribution is 5.94. The first-order chi connectivity index (χ1) is 13.4. The molecule has 142 valence electrons. The molecule has 28 heavy (non-hydrogen) atoms. The number of aromatic nitrogens is 2. The third-order valence-corrected chi connectivity index (χ3v) is 3.93. The first-order valence-corrected chi connectivity index (χ1v) is 8.31. The minimum absolute atomic E-state index is 0.0985. The molecule has 0 aliphatic rings. The second-order valence-electron chi connectivity index (χ2n) is 5.85. The number of carbonyl (C=O) groups is 1. The van der Waals surface area contributed by atoms with Crippen LogP contribution in [-0.4, -0.2) is 27.2 Å². The van der Waals surface area contributed by atoms with Gasteiger partial charge in [0.1, 0.15) is 5.82 Å². The molecular formula is C19H15FN4O4. The average molecular weight is 382 g/mol. The van der Waals surface area contributed by atoms with E-state index in [0.717, 1.165) is 0 Å². The van der Waals surface area contributed by atoms with Gasteiger partial charge in [0.25, 0.3) is 17.2 Å². The minimum Gasteiger partial charge on any atom is -0.350 e. The number of halogens is 1. The summed E-state index contributed by atoms with van der Waals surface area (Å²) in [5.41, 5.74) is 0.753. The van der Waals surface area contributed by atoms with Crippen LogP contribution in [0.15, 0.2) is 65.5 Å². The summed E-state index contributed by atoms with van der Waals surface area (Å²) in [5, 5.41) is 17.6. The molecule has 8 nitrogen and oxygen atoms in total. The maximum atomic E-state index is 13.0. The summed E-state index contributed by atoms with van der Waals surface area (Å²) in [5.74, 6) is -0.868. The van der Waals surface area contributed by atoms with Crippen molar-refractivity contribution in [3.05, 3.63) is 92.5 Å². The van der Waals surface area contributed by atoms with Crippen molar-refractivity contribution >= 4 is 11.6 Å². The number of hydrogen-bond donors (Lipinski definition) is 1. The fourth-order valence-corrected chi connectivity index (χ4v) is 2.52. The minimum atomic E-state index is -0.582. The van der Waals surface area contributed by atoms with Gasteiger partial charge in [-0.1, -0.05) is 6.07 Å². The summed E-state index contributed by atoms with van der Waals surface area (Å²) in [6.45, 7) is 0.204. The predicted octanol–water partition coefficient (Wildman–Crippen LogP) is 2.39. The van der Waals surface area contributed by atoms with Crippen molar-refractivity contribution < 1.29 is 14.1 Å². The van der Waals surface area contributed by atoms with Gasteiger partial charge in [-0.15, -0.1) is 0 Å². The van der Waals surface area contributed by atoms with Crippen LogP contribution in [-0.2, 0) is 6.54 Å². The number of carbonyl (C=O) groups excluding carboxylic acids is 1. The van der Waals surface area contributed by atoms with Crippen LogP contribution in [0.3, 0.4) is 0 Å². The van der Waals surface area contributed by atoms with E-state index >= 15 is 0 Å². The Labute approximate surface area is 158 Å². The Morgan fingerprint density at radius 2 is 1.89 bits per heavy atom. The Morgan fingerprint density at radius 1 is 1.14 bits per heavy atom. The lowest BCUT2D eigenvalue weighted by atomic mass is 10.1. The van der Waals surface area contributed by atoms with Crippen molar-refractivity contribution in [1.29, 1.82) is 0 Å². The van der Waals surface area contributed by atoms with E-state index in [1.807, 2.05) is 0 Å². The molecule has 0 fully saturated rings. The van der Waals surface area contributed by atoms with Gasteiger partial charge < -0.3 is 5.32 Å². The van der Waals surface area contributed by atoms with Crippen LogP contribution in [0.2, 0.25) is 0 Å². The van der Waals surface area contributed by atoms with E-state index in [9.17, 15) is 24.1 Å². The number of amides is 1. The molecule has 0 aliphatic heterocycles. The molecule has 0 bridgehead atoms. The van der Waals surface area contributed by atoms with Gasteiger partial charge in [0, 0.05) is 35.9 Å². The molecule has 0 saturated carbocycles. The SMILES string of the molecule is O=C(NCCn1nc(-c2ccc(F)cc2)ccc1=O)c1cccc([N+](=O)[O-])c1. The van der Waals surface area contributed by atoms with Crippen molar-refractivity contribution in [3.63, 3.8) is 0 Å². The normalized spacial score (nSPS) is 10.5. The third kappa shape index (κ3) is 4.44. The topological polar surface area (TPSA) is 107 Å². The predicted molar refractivity (Wildman–Crippen MR) is 99.3 cm³/mol. The van der Waals surface area contributed by atoms with Crippen LogP contribution in [0.5, 0.6) is 0 Å². The highest BCUT2D eigenvalue weighted by Crippen LogP contribution is 2.15. The molecule has 1 heterocycles. The second kappa shape index (κ2) is 8.21. The highest BCUT2D eigenvalue weighted by Gasteiger charge is 2.11. The van der Waals surface area contributed by atoms with E-state index in [-0.39, 0.29) is 35.7 Å². The third-order valence-electron chi connectivity index (χ3n) is 3.93. The summed E-state index contributed by atoms with van der Waals surface area (Å²) in [4.78, 5) is 34.3. The molecule has 0 spiro atoms. The molecule has 0 unspecified atom stereocenters. The highest BCUT2D eigenvalue weighted by atomic mass is 19.1. The number of nitrogens with one attached hydrogen (secondary N) is 1. The van der Waals surface area contributed by atoms with Gasteiger partial charge in [-0.05, 0) is 36.4 Å².